The number of rotatable bonds is 3. The first-order chi connectivity index (χ1) is 11.6. The number of methoxy groups -OCH3 is 1. The molecule has 0 aromatic heterocycles. The first kappa shape index (κ1) is 18.8. The first-order valence-electron chi connectivity index (χ1n) is 8.09. The molecule has 2 amide bonds. The van der Waals surface area contributed by atoms with E-state index in [9.17, 15) is 14.4 Å². The van der Waals surface area contributed by atoms with Gasteiger partial charge >= 0.3 is 12.1 Å². The van der Waals surface area contributed by atoms with Crippen molar-refractivity contribution in [1.82, 2.24) is 10.2 Å². The quantitative estimate of drug-likeness (QED) is 0.846. The molecule has 0 fully saturated rings. The summed E-state index contributed by atoms with van der Waals surface area (Å²) in [4.78, 5) is 38.3. The van der Waals surface area contributed by atoms with E-state index in [4.69, 9.17) is 9.47 Å². The van der Waals surface area contributed by atoms with E-state index < -0.39 is 29.7 Å². The molecular formula is C18H24N2O5. The van der Waals surface area contributed by atoms with Crippen molar-refractivity contribution in [1.29, 1.82) is 0 Å². The minimum Gasteiger partial charge on any atom is -0.467 e. The Balaban J connectivity index is 2.31. The molecule has 1 aromatic rings. The highest BCUT2D eigenvalue weighted by Gasteiger charge is 2.39. The number of amides is 2. The van der Waals surface area contributed by atoms with E-state index in [1.807, 2.05) is 12.1 Å². The largest absolute Gasteiger partial charge is 0.467 e. The van der Waals surface area contributed by atoms with Crippen molar-refractivity contribution in [3.63, 3.8) is 0 Å². The van der Waals surface area contributed by atoms with Crippen LogP contribution < -0.4 is 5.32 Å². The average molecular weight is 348 g/mol. The third-order valence-electron chi connectivity index (χ3n) is 3.91. The topological polar surface area (TPSA) is 84.9 Å². The number of fused-ring (bicyclic) bond motifs is 1. The van der Waals surface area contributed by atoms with Gasteiger partial charge in [-0.1, -0.05) is 24.3 Å². The summed E-state index contributed by atoms with van der Waals surface area (Å²) in [5.41, 5.74) is 0.880. The smallest absolute Gasteiger partial charge is 0.408 e. The fourth-order valence-electron chi connectivity index (χ4n) is 2.71. The molecule has 1 heterocycles. The van der Waals surface area contributed by atoms with Gasteiger partial charge in [0, 0.05) is 6.54 Å². The summed E-state index contributed by atoms with van der Waals surface area (Å²) in [5, 5.41) is 2.62. The molecule has 1 aromatic carbocycles. The molecule has 0 radical (unpaired) electrons. The summed E-state index contributed by atoms with van der Waals surface area (Å²) in [6.45, 7) is 7.11. The first-order valence-corrected chi connectivity index (χ1v) is 8.09. The Hall–Kier alpha value is -2.57. The number of hydrogen-bond donors (Lipinski definition) is 1. The number of esters is 1. The molecule has 0 aliphatic carbocycles. The summed E-state index contributed by atoms with van der Waals surface area (Å²) < 4.78 is 9.99. The molecule has 0 bridgehead atoms. The van der Waals surface area contributed by atoms with Gasteiger partial charge in [0.15, 0.2) is 0 Å². The van der Waals surface area contributed by atoms with Crippen molar-refractivity contribution in [2.75, 3.05) is 7.11 Å². The van der Waals surface area contributed by atoms with Crippen LogP contribution in [0.4, 0.5) is 4.79 Å². The Labute approximate surface area is 147 Å². The number of carbonyl (C=O) groups is 3. The van der Waals surface area contributed by atoms with Crippen LogP contribution in [0.15, 0.2) is 24.3 Å². The van der Waals surface area contributed by atoms with Crippen LogP contribution in [0.3, 0.4) is 0 Å². The lowest BCUT2D eigenvalue weighted by atomic mass is 9.93. The van der Waals surface area contributed by atoms with Crippen LogP contribution in [0, 0.1) is 0 Å². The summed E-state index contributed by atoms with van der Waals surface area (Å²) >= 11 is 0. The molecule has 1 aliphatic heterocycles. The van der Waals surface area contributed by atoms with Crippen molar-refractivity contribution in [2.45, 2.75) is 51.9 Å². The number of nitrogens with zero attached hydrogens (tertiary/aromatic N) is 1. The fourth-order valence-corrected chi connectivity index (χ4v) is 2.71. The minimum absolute atomic E-state index is 0.276. The molecule has 2 rings (SSSR count). The number of alkyl carbamates (subject to hydrolysis) is 1. The van der Waals surface area contributed by atoms with Gasteiger partial charge in [0.1, 0.15) is 17.7 Å². The van der Waals surface area contributed by atoms with E-state index >= 15 is 0 Å². The van der Waals surface area contributed by atoms with Crippen LogP contribution in [0.25, 0.3) is 0 Å². The van der Waals surface area contributed by atoms with E-state index in [-0.39, 0.29) is 12.5 Å². The highest BCUT2D eigenvalue weighted by atomic mass is 16.6. The van der Waals surface area contributed by atoms with Crippen LogP contribution in [0.1, 0.15) is 44.9 Å². The molecule has 25 heavy (non-hydrogen) atoms. The van der Waals surface area contributed by atoms with Gasteiger partial charge in [-0.15, -0.1) is 0 Å². The van der Waals surface area contributed by atoms with Crippen LogP contribution >= 0.6 is 0 Å². The number of hydrogen-bond acceptors (Lipinski definition) is 5. The zero-order valence-electron chi connectivity index (χ0n) is 15.2. The standard InChI is InChI=1S/C18H24N2O5/c1-11(16(22)24-5)20-10-12-8-6-7-9-13(12)14(15(20)21)19-17(23)25-18(2,3)4/h6-9,11,14H,10H2,1-5H3,(H,19,23)/t11-,14-/m0/s1. The summed E-state index contributed by atoms with van der Waals surface area (Å²) in [6, 6.07) is 5.63. The molecule has 7 nitrogen and oxygen atoms in total. The van der Waals surface area contributed by atoms with Gasteiger partial charge in [0.2, 0.25) is 0 Å². The van der Waals surface area contributed by atoms with Crippen molar-refractivity contribution in [3.8, 4) is 0 Å². The normalized spacial score (nSPS) is 18.2. The van der Waals surface area contributed by atoms with Gasteiger partial charge in [-0.2, -0.15) is 0 Å². The second-order valence-corrected chi connectivity index (χ2v) is 6.94. The molecule has 7 heteroatoms. The Kier molecular flexibility index (Phi) is 5.35. The maximum absolute atomic E-state index is 12.9. The predicted octanol–water partition coefficient (Wildman–Crippen LogP) is 2.16. The fraction of sp³-hybridized carbons (Fsp3) is 0.500. The summed E-state index contributed by atoms with van der Waals surface area (Å²) in [5.74, 6) is -0.883. The number of nitrogens with one attached hydrogen (secondary N) is 1. The van der Waals surface area contributed by atoms with Gasteiger partial charge in [0.25, 0.3) is 5.91 Å². The van der Waals surface area contributed by atoms with Gasteiger partial charge in [-0.05, 0) is 38.8 Å². The molecule has 0 saturated carbocycles. The summed E-state index contributed by atoms with van der Waals surface area (Å²) in [7, 11) is 1.28. The number of carbonyl (C=O) groups excluding carboxylic acids is 3. The van der Waals surface area contributed by atoms with Crippen molar-refractivity contribution in [2.24, 2.45) is 0 Å². The van der Waals surface area contributed by atoms with Crippen LogP contribution in [0.2, 0.25) is 0 Å². The predicted molar refractivity (Wildman–Crippen MR) is 90.6 cm³/mol. The molecule has 0 saturated heterocycles. The van der Waals surface area contributed by atoms with E-state index in [2.05, 4.69) is 5.32 Å². The monoisotopic (exact) mass is 348 g/mol. The summed E-state index contributed by atoms with van der Waals surface area (Å²) in [6.07, 6.45) is -0.687. The lowest BCUT2D eigenvalue weighted by molar-refractivity contribution is -0.154. The molecule has 0 spiro atoms. The molecule has 136 valence electrons. The Morgan fingerprint density at radius 1 is 1.28 bits per heavy atom. The lowest BCUT2D eigenvalue weighted by Crippen LogP contribution is -2.52. The highest BCUT2D eigenvalue weighted by molar-refractivity contribution is 5.92. The van der Waals surface area contributed by atoms with Crippen LogP contribution in [-0.4, -0.2) is 41.6 Å². The molecule has 2 atom stereocenters. The van der Waals surface area contributed by atoms with E-state index in [0.29, 0.717) is 5.56 Å². The molecule has 0 unspecified atom stereocenters. The van der Waals surface area contributed by atoms with Gasteiger partial charge < -0.3 is 19.7 Å². The minimum atomic E-state index is -0.910. The number of benzene rings is 1. The maximum Gasteiger partial charge on any atom is 0.408 e. The van der Waals surface area contributed by atoms with Crippen molar-refractivity contribution < 1.29 is 23.9 Å². The zero-order chi connectivity index (χ0) is 18.8. The Morgan fingerprint density at radius 2 is 1.92 bits per heavy atom. The Bertz CT molecular complexity index is 680. The number of ether oxygens (including phenoxy) is 2. The van der Waals surface area contributed by atoms with Gasteiger partial charge in [-0.3, -0.25) is 4.79 Å². The third-order valence-corrected chi connectivity index (χ3v) is 3.91. The van der Waals surface area contributed by atoms with Crippen LogP contribution in [-0.2, 0) is 25.6 Å². The van der Waals surface area contributed by atoms with Crippen molar-refractivity contribution in [3.05, 3.63) is 35.4 Å². The van der Waals surface area contributed by atoms with Gasteiger partial charge in [0.05, 0.1) is 7.11 Å². The molecule has 1 N–H and O–H groups in total. The molecule has 1 aliphatic rings. The highest BCUT2D eigenvalue weighted by Crippen LogP contribution is 2.29. The third kappa shape index (κ3) is 4.29. The van der Waals surface area contributed by atoms with E-state index in [1.165, 1.54) is 12.0 Å². The average Bonchev–Trinajstić information content (AvgIpc) is 2.54. The van der Waals surface area contributed by atoms with Gasteiger partial charge in [-0.25, -0.2) is 9.59 Å². The molecular weight excluding hydrogens is 324 g/mol. The maximum atomic E-state index is 12.9. The second kappa shape index (κ2) is 7.13. The second-order valence-electron chi connectivity index (χ2n) is 6.94. The SMILES string of the molecule is COC(=O)[C@H](C)N1Cc2ccccc2[C@H](NC(=O)OC(C)(C)C)C1=O. The van der Waals surface area contributed by atoms with E-state index in [0.717, 1.165) is 5.56 Å². The van der Waals surface area contributed by atoms with Crippen molar-refractivity contribution >= 4 is 18.0 Å². The lowest BCUT2D eigenvalue weighted by Gasteiger charge is -2.37. The Morgan fingerprint density at radius 3 is 2.52 bits per heavy atom. The van der Waals surface area contributed by atoms with E-state index in [1.54, 1.807) is 39.8 Å². The zero-order valence-corrected chi connectivity index (χ0v) is 15.2. The van der Waals surface area contributed by atoms with Crippen LogP contribution in [0.5, 0.6) is 0 Å².